The van der Waals surface area contributed by atoms with Gasteiger partial charge in [0, 0.05) is 22.3 Å². The van der Waals surface area contributed by atoms with Gasteiger partial charge in [-0.1, -0.05) is 133 Å². The topological polar surface area (TPSA) is 17.6 Å². The minimum Gasteiger partial charge on any atom is -0.306 e. The molecule has 326 valence electrons. The standard InChI is InChI=1S/C56H68N8/c1-3-7-49(8-4-1)39-57-23-25-59(47-57)41-51-11-15-53(16-12-51)43-61-27-33-63(34-28-61,35-29-61)45-55-19-21-56(22-20-55)46-64-36-30-62(31-37-64,32-38-64)44-54-17-13-52(14-18-54)42-60-26-24-58(48-60)40-50-9-5-2-6-10-50/h1-26,47-48H,27-46H2/q+6. The summed E-state index contributed by atoms with van der Waals surface area (Å²) >= 11 is 0. The molecule has 0 aliphatic carbocycles. The minimum atomic E-state index is 0.908. The Morgan fingerprint density at radius 2 is 0.578 bits per heavy atom. The van der Waals surface area contributed by atoms with Crippen molar-refractivity contribution in [2.45, 2.75) is 52.4 Å². The van der Waals surface area contributed by atoms with Gasteiger partial charge >= 0.3 is 0 Å². The van der Waals surface area contributed by atoms with Gasteiger partial charge in [-0.05, 0) is 22.3 Å². The van der Waals surface area contributed by atoms with Crippen LogP contribution in [0.25, 0.3) is 0 Å². The number of hydrogen-bond acceptors (Lipinski definition) is 0. The monoisotopic (exact) mass is 853 g/mol. The molecular formula is C56H68N8+6. The summed E-state index contributed by atoms with van der Waals surface area (Å²) in [5.74, 6) is 0. The predicted octanol–water partition coefficient (Wildman–Crippen LogP) is 6.78. The van der Waals surface area contributed by atoms with Gasteiger partial charge in [0.25, 0.3) is 0 Å². The van der Waals surface area contributed by atoms with E-state index in [0.29, 0.717) is 0 Å². The summed E-state index contributed by atoms with van der Waals surface area (Å²) in [5, 5.41) is 0. The van der Waals surface area contributed by atoms with E-state index in [0.717, 1.165) is 26.2 Å². The first-order chi connectivity index (χ1) is 31.4. The quantitative estimate of drug-likeness (QED) is 0.0755. The number of nitrogens with zero attached hydrogens (tertiary/aromatic N) is 8. The molecule has 6 aliphatic heterocycles. The summed E-state index contributed by atoms with van der Waals surface area (Å²) in [6.45, 7) is 24.1. The zero-order chi connectivity index (χ0) is 42.9. The first-order valence-electron chi connectivity index (χ1n) is 24.2. The molecule has 4 bridgehead atoms. The zero-order valence-corrected chi connectivity index (χ0v) is 37.9. The Balaban J connectivity index is 0.624. The Labute approximate surface area is 381 Å². The Hall–Kier alpha value is -5.64. The van der Waals surface area contributed by atoms with Crippen LogP contribution in [0.3, 0.4) is 0 Å². The second-order valence-electron chi connectivity index (χ2n) is 20.6. The molecule has 6 saturated heterocycles. The molecule has 64 heavy (non-hydrogen) atoms. The van der Waals surface area contributed by atoms with Crippen molar-refractivity contribution in [1.82, 2.24) is 9.13 Å². The van der Waals surface area contributed by atoms with Crippen molar-refractivity contribution in [2.24, 2.45) is 0 Å². The number of fused-ring (bicyclic) bond motifs is 6. The normalized spacial score (nSPS) is 24.9. The van der Waals surface area contributed by atoms with Crippen LogP contribution in [0, 0.1) is 0 Å². The van der Waals surface area contributed by atoms with Gasteiger partial charge in [0.2, 0.25) is 12.7 Å². The molecule has 0 radical (unpaired) electrons. The average Bonchev–Trinajstić information content (AvgIpc) is 3.98. The summed E-state index contributed by atoms with van der Waals surface area (Å²) in [7, 11) is 0. The van der Waals surface area contributed by atoms with Crippen molar-refractivity contribution < 1.29 is 27.1 Å². The van der Waals surface area contributed by atoms with E-state index < -0.39 is 0 Å². The lowest BCUT2D eigenvalue weighted by atomic mass is 10.0. The molecule has 8 heteroatoms. The van der Waals surface area contributed by atoms with E-state index in [4.69, 9.17) is 0 Å². The largest absolute Gasteiger partial charge is 0.306 e. The number of hydrogen-bond donors (Lipinski definition) is 0. The van der Waals surface area contributed by atoms with Gasteiger partial charge in [-0.3, -0.25) is 0 Å². The van der Waals surface area contributed by atoms with Gasteiger partial charge in [0.15, 0.2) is 0 Å². The fourth-order valence-corrected chi connectivity index (χ4v) is 11.9. The zero-order valence-electron chi connectivity index (χ0n) is 37.9. The fraction of sp³-hybridized carbons (Fsp3) is 0.357. The molecule has 6 aliphatic rings. The fourth-order valence-electron chi connectivity index (χ4n) is 11.9. The molecule has 5 aromatic carbocycles. The van der Waals surface area contributed by atoms with E-state index in [1.165, 1.54) is 167 Å². The lowest BCUT2D eigenvalue weighted by molar-refractivity contribution is -1.09. The van der Waals surface area contributed by atoms with Crippen LogP contribution in [0.5, 0.6) is 0 Å². The maximum Gasteiger partial charge on any atom is 0.244 e. The van der Waals surface area contributed by atoms with E-state index in [1.54, 1.807) is 0 Å². The summed E-state index contributed by atoms with van der Waals surface area (Å²) in [4.78, 5) is 0. The highest BCUT2D eigenvalue weighted by Gasteiger charge is 2.50. The van der Waals surface area contributed by atoms with E-state index in [2.05, 4.69) is 189 Å². The van der Waals surface area contributed by atoms with Crippen LogP contribution in [-0.4, -0.2) is 106 Å². The minimum absolute atomic E-state index is 0.908. The number of piperazine rings is 6. The predicted molar refractivity (Wildman–Crippen MR) is 252 cm³/mol. The number of quaternary nitrogens is 4. The molecule has 6 fully saturated rings. The van der Waals surface area contributed by atoms with Crippen LogP contribution in [-0.2, 0) is 52.4 Å². The van der Waals surface area contributed by atoms with Gasteiger partial charge < -0.3 is 17.9 Å². The number of aromatic nitrogens is 4. The van der Waals surface area contributed by atoms with E-state index in [9.17, 15) is 0 Å². The highest BCUT2D eigenvalue weighted by Crippen LogP contribution is 2.33. The van der Waals surface area contributed by atoms with Crippen LogP contribution in [0.4, 0.5) is 0 Å². The molecule has 0 N–H and O–H groups in total. The van der Waals surface area contributed by atoms with E-state index >= 15 is 0 Å². The van der Waals surface area contributed by atoms with Gasteiger partial charge in [-0.25, -0.2) is 18.3 Å². The maximum atomic E-state index is 2.49. The van der Waals surface area contributed by atoms with Crippen molar-refractivity contribution >= 4 is 0 Å². The summed E-state index contributed by atoms with van der Waals surface area (Å²) in [6.07, 6.45) is 13.2. The number of imidazole rings is 2. The second-order valence-corrected chi connectivity index (χ2v) is 20.6. The summed E-state index contributed by atoms with van der Waals surface area (Å²) < 4.78 is 14.2. The van der Waals surface area contributed by atoms with Crippen LogP contribution in [0.15, 0.2) is 171 Å². The Kier molecular flexibility index (Phi) is 11.2. The van der Waals surface area contributed by atoms with E-state index in [1.807, 2.05) is 0 Å². The number of benzene rings is 5. The lowest BCUT2D eigenvalue weighted by Gasteiger charge is -2.56. The van der Waals surface area contributed by atoms with Crippen molar-refractivity contribution in [3.8, 4) is 0 Å². The third kappa shape index (κ3) is 9.29. The molecule has 0 unspecified atom stereocenters. The van der Waals surface area contributed by atoms with Gasteiger partial charge in [0.1, 0.15) is 156 Å². The molecule has 0 amide bonds. The van der Waals surface area contributed by atoms with Crippen LogP contribution >= 0.6 is 0 Å². The SMILES string of the molecule is c1ccc(C[n+]2ccn(Cc3ccc(C[N+]45CC[N+](Cc6ccc(C[N+]78CC[N+](Cc9ccc(Cn%10cc[n+](Cc%11ccccc%11)c%10)cc9)(CC7)CC8)cc6)(CC4)CC5)cc3)c2)cc1. The van der Waals surface area contributed by atoms with Gasteiger partial charge in [-0.15, -0.1) is 0 Å². The molecule has 0 spiro atoms. The molecule has 2 aromatic heterocycles. The molecule has 13 rings (SSSR count). The number of rotatable bonds is 16. The summed E-state index contributed by atoms with van der Waals surface area (Å²) in [5.41, 5.74) is 11.5. The maximum absolute atomic E-state index is 2.49. The molecule has 0 saturated carbocycles. The molecular weight excluding hydrogens is 785 g/mol. The van der Waals surface area contributed by atoms with Gasteiger partial charge in [-0.2, -0.15) is 0 Å². The first kappa shape index (κ1) is 41.1. The second kappa shape index (κ2) is 17.4. The van der Waals surface area contributed by atoms with E-state index in [-0.39, 0.29) is 0 Å². The third-order valence-corrected chi connectivity index (χ3v) is 16.1. The first-order valence-corrected chi connectivity index (χ1v) is 24.2. The highest BCUT2D eigenvalue weighted by atomic mass is 15.5. The molecule has 8 heterocycles. The van der Waals surface area contributed by atoms with Crippen molar-refractivity contribution in [3.05, 3.63) is 215 Å². The third-order valence-electron chi connectivity index (χ3n) is 16.1. The Morgan fingerprint density at radius 1 is 0.312 bits per heavy atom. The smallest absolute Gasteiger partial charge is 0.244 e. The van der Waals surface area contributed by atoms with Crippen LogP contribution < -0.4 is 9.13 Å². The Bertz CT molecular complexity index is 2390. The van der Waals surface area contributed by atoms with Gasteiger partial charge in [0.05, 0.1) is 0 Å². The highest BCUT2D eigenvalue weighted by molar-refractivity contribution is 5.24. The van der Waals surface area contributed by atoms with Crippen molar-refractivity contribution in [3.63, 3.8) is 0 Å². The Morgan fingerprint density at radius 3 is 0.859 bits per heavy atom. The molecule has 0 atom stereocenters. The average molecular weight is 853 g/mol. The van der Waals surface area contributed by atoms with Crippen molar-refractivity contribution in [1.29, 1.82) is 0 Å². The van der Waals surface area contributed by atoms with Crippen LogP contribution in [0.2, 0.25) is 0 Å². The van der Waals surface area contributed by atoms with Crippen molar-refractivity contribution in [2.75, 3.05) is 78.5 Å². The summed E-state index contributed by atoms with van der Waals surface area (Å²) in [6, 6.07) is 50.4. The molecule has 8 nitrogen and oxygen atoms in total. The lowest BCUT2D eigenvalue weighted by Crippen LogP contribution is -2.74. The molecule has 7 aromatic rings. The van der Waals surface area contributed by atoms with Crippen LogP contribution in [0.1, 0.15) is 44.5 Å².